The molecule has 1 fully saturated rings. The predicted octanol–water partition coefficient (Wildman–Crippen LogP) is 2.97. The van der Waals surface area contributed by atoms with Gasteiger partial charge < -0.3 is 10.0 Å². The lowest BCUT2D eigenvalue weighted by atomic mass is 9.84. The number of imide groups is 2. The van der Waals surface area contributed by atoms with Gasteiger partial charge in [0, 0.05) is 36.4 Å². The average Bonchev–Trinajstić information content (AvgIpc) is 2.95. The monoisotopic (exact) mass is 423 g/mol. The number of urea groups is 1. The second-order valence-corrected chi connectivity index (χ2v) is 7.92. The van der Waals surface area contributed by atoms with Crippen molar-refractivity contribution in [3.8, 4) is 0 Å². The minimum atomic E-state index is -0.576. The molecule has 0 aromatic heterocycles. The zero-order valence-corrected chi connectivity index (χ0v) is 18.5. The lowest BCUT2D eigenvalue weighted by molar-refractivity contribution is -0.135. The summed E-state index contributed by atoms with van der Waals surface area (Å²) in [7, 11) is 0. The van der Waals surface area contributed by atoms with E-state index in [2.05, 4.69) is 24.8 Å². The summed E-state index contributed by atoms with van der Waals surface area (Å²) in [6, 6.07) is 7.52. The number of allylic oxidation sites excluding steroid dienone is 5. The first-order chi connectivity index (χ1) is 14.8. The normalized spacial score (nSPS) is 19.8. The molecular formula is C24H29N3O4. The first kappa shape index (κ1) is 22.5. The van der Waals surface area contributed by atoms with Crippen molar-refractivity contribution >= 4 is 23.5 Å². The predicted molar refractivity (Wildman–Crippen MR) is 119 cm³/mol. The topological polar surface area (TPSA) is 81.2 Å². The van der Waals surface area contributed by atoms with Crippen LogP contribution >= 0.6 is 0 Å². The fraction of sp³-hybridized carbons (Fsp3) is 0.375. The van der Waals surface area contributed by atoms with Crippen LogP contribution in [-0.2, 0) is 15.0 Å². The fourth-order valence-electron chi connectivity index (χ4n) is 4.18. The zero-order chi connectivity index (χ0) is 22.8. The van der Waals surface area contributed by atoms with Gasteiger partial charge in [-0.15, -0.1) is 0 Å². The maximum atomic E-state index is 12.6. The van der Waals surface area contributed by atoms with Crippen LogP contribution in [0.1, 0.15) is 33.3 Å². The number of β-amino-alcohol motifs (C(OH)–C–C–N with tert-alkyl or cyclic N) is 1. The standard InChI is InChI=1S/C24H29N3O4/c1-5-25-21(29)17(22(30)26(6-2)23(25)31)11-7-10-14-20-24(3,4)18-12-8-9-13-19(18)27(20)15-16-28/h7-14,28H,5-6,15-16H2,1-4H3/b10-7+,20-14+. The molecule has 3 rings (SSSR count). The highest BCUT2D eigenvalue weighted by atomic mass is 16.3. The molecule has 0 bridgehead atoms. The molecule has 0 atom stereocenters. The SMILES string of the molecule is CCN1C(=O)C(=C/C=C/C=C2/N(CCO)c3ccccc3C2(C)C)C(=O)N(CC)C1=O. The van der Waals surface area contributed by atoms with Gasteiger partial charge in [-0.25, -0.2) is 4.79 Å². The van der Waals surface area contributed by atoms with E-state index in [1.54, 1.807) is 26.0 Å². The largest absolute Gasteiger partial charge is 0.395 e. The number of barbiturate groups is 1. The number of likely N-dealkylation sites (N-methyl/N-ethyl adjacent to an activating group) is 2. The number of aliphatic hydroxyl groups excluding tert-OH is 1. The van der Waals surface area contributed by atoms with E-state index in [0.29, 0.717) is 6.54 Å². The third kappa shape index (κ3) is 3.81. The van der Waals surface area contributed by atoms with Crippen LogP contribution in [0.15, 0.2) is 59.8 Å². The Kier molecular flexibility index (Phi) is 6.45. The number of benzene rings is 1. The van der Waals surface area contributed by atoms with Crippen LogP contribution in [0.4, 0.5) is 10.5 Å². The second-order valence-electron chi connectivity index (χ2n) is 7.92. The van der Waals surface area contributed by atoms with Crippen molar-refractivity contribution in [3.05, 3.63) is 65.4 Å². The van der Waals surface area contributed by atoms with Gasteiger partial charge in [0.15, 0.2) is 0 Å². The molecule has 31 heavy (non-hydrogen) atoms. The summed E-state index contributed by atoms with van der Waals surface area (Å²) >= 11 is 0. The molecule has 7 nitrogen and oxygen atoms in total. The highest BCUT2D eigenvalue weighted by molar-refractivity contribution is 6.28. The van der Waals surface area contributed by atoms with E-state index in [-0.39, 0.29) is 30.7 Å². The Hall–Kier alpha value is -3.19. The third-order valence-corrected chi connectivity index (χ3v) is 5.80. The Morgan fingerprint density at radius 2 is 1.48 bits per heavy atom. The highest BCUT2D eigenvalue weighted by Crippen LogP contribution is 2.47. The number of anilines is 1. The van der Waals surface area contributed by atoms with Crippen molar-refractivity contribution in [1.82, 2.24) is 9.80 Å². The van der Waals surface area contributed by atoms with Crippen molar-refractivity contribution in [2.24, 2.45) is 0 Å². The van der Waals surface area contributed by atoms with Gasteiger partial charge >= 0.3 is 6.03 Å². The van der Waals surface area contributed by atoms with Crippen LogP contribution in [0.25, 0.3) is 0 Å². The number of carbonyl (C=O) groups excluding carboxylic acids is 3. The Morgan fingerprint density at radius 1 is 0.903 bits per heavy atom. The minimum Gasteiger partial charge on any atom is -0.395 e. The number of carbonyl (C=O) groups is 3. The van der Waals surface area contributed by atoms with E-state index in [1.165, 1.54) is 11.6 Å². The van der Waals surface area contributed by atoms with E-state index in [9.17, 15) is 19.5 Å². The van der Waals surface area contributed by atoms with Crippen molar-refractivity contribution in [2.45, 2.75) is 33.1 Å². The number of hydrogen-bond acceptors (Lipinski definition) is 5. The Morgan fingerprint density at radius 3 is 2.06 bits per heavy atom. The van der Waals surface area contributed by atoms with Gasteiger partial charge in [0.05, 0.1) is 6.61 Å². The average molecular weight is 424 g/mol. The Bertz CT molecular complexity index is 962. The van der Waals surface area contributed by atoms with E-state index < -0.39 is 17.8 Å². The third-order valence-electron chi connectivity index (χ3n) is 5.80. The fourth-order valence-corrected chi connectivity index (χ4v) is 4.18. The van der Waals surface area contributed by atoms with E-state index in [4.69, 9.17) is 0 Å². The van der Waals surface area contributed by atoms with Gasteiger partial charge in [0.1, 0.15) is 5.57 Å². The van der Waals surface area contributed by atoms with Crippen LogP contribution < -0.4 is 4.90 Å². The maximum Gasteiger partial charge on any atom is 0.333 e. The number of amides is 4. The molecule has 7 heteroatoms. The van der Waals surface area contributed by atoms with Gasteiger partial charge in [-0.1, -0.05) is 44.2 Å². The second kappa shape index (κ2) is 8.89. The van der Waals surface area contributed by atoms with Crippen molar-refractivity contribution in [2.75, 3.05) is 31.1 Å². The Labute approximate surface area is 182 Å². The summed E-state index contributed by atoms with van der Waals surface area (Å²) in [4.78, 5) is 41.7. The number of para-hydroxylation sites is 1. The van der Waals surface area contributed by atoms with E-state index in [1.807, 2.05) is 24.3 Å². The van der Waals surface area contributed by atoms with Crippen LogP contribution in [0.3, 0.4) is 0 Å². The molecule has 1 aromatic rings. The van der Waals surface area contributed by atoms with Crippen molar-refractivity contribution in [1.29, 1.82) is 0 Å². The maximum absolute atomic E-state index is 12.6. The van der Waals surface area contributed by atoms with E-state index >= 15 is 0 Å². The van der Waals surface area contributed by atoms with Gasteiger partial charge in [-0.05, 0) is 37.6 Å². The molecule has 4 amide bonds. The molecule has 0 radical (unpaired) electrons. The molecule has 1 N–H and O–H groups in total. The molecule has 2 aliphatic heterocycles. The van der Waals surface area contributed by atoms with Crippen LogP contribution in [-0.4, -0.2) is 59.0 Å². The lowest BCUT2D eigenvalue weighted by Crippen LogP contribution is -2.56. The molecular weight excluding hydrogens is 394 g/mol. The smallest absolute Gasteiger partial charge is 0.333 e. The quantitative estimate of drug-likeness (QED) is 0.562. The molecule has 0 aliphatic carbocycles. The molecule has 1 aromatic carbocycles. The molecule has 0 unspecified atom stereocenters. The summed E-state index contributed by atoms with van der Waals surface area (Å²) in [5.41, 5.74) is 2.96. The number of fused-ring (bicyclic) bond motifs is 1. The molecule has 2 aliphatic rings. The first-order valence-electron chi connectivity index (χ1n) is 10.5. The molecule has 0 spiro atoms. The highest BCUT2D eigenvalue weighted by Gasteiger charge is 2.40. The molecule has 0 saturated carbocycles. The number of hydrogen-bond donors (Lipinski definition) is 1. The van der Waals surface area contributed by atoms with Gasteiger partial charge in [0.25, 0.3) is 11.8 Å². The first-order valence-corrected chi connectivity index (χ1v) is 10.5. The van der Waals surface area contributed by atoms with Crippen molar-refractivity contribution in [3.63, 3.8) is 0 Å². The lowest BCUT2D eigenvalue weighted by Gasteiger charge is -2.32. The van der Waals surface area contributed by atoms with Gasteiger partial charge in [0.2, 0.25) is 0 Å². The van der Waals surface area contributed by atoms with Crippen LogP contribution in [0.5, 0.6) is 0 Å². The minimum absolute atomic E-state index is 0.0201. The summed E-state index contributed by atoms with van der Waals surface area (Å²) in [6.07, 6.45) is 6.82. The molecule has 164 valence electrons. The summed E-state index contributed by atoms with van der Waals surface area (Å²) in [6.45, 7) is 8.55. The van der Waals surface area contributed by atoms with E-state index in [0.717, 1.165) is 21.2 Å². The summed E-state index contributed by atoms with van der Waals surface area (Å²) in [5.74, 6) is -1.15. The zero-order valence-electron chi connectivity index (χ0n) is 18.5. The van der Waals surface area contributed by atoms with Gasteiger partial charge in [-0.3, -0.25) is 19.4 Å². The van der Waals surface area contributed by atoms with Crippen molar-refractivity contribution < 1.29 is 19.5 Å². The molecule has 1 saturated heterocycles. The Balaban J connectivity index is 1.92. The molecule has 2 heterocycles. The van der Waals surface area contributed by atoms with Crippen LogP contribution in [0.2, 0.25) is 0 Å². The number of aliphatic hydroxyl groups is 1. The summed E-state index contributed by atoms with van der Waals surface area (Å²) in [5, 5.41) is 9.55. The number of rotatable bonds is 6. The van der Waals surface area contributed by atoms with Crippen LogP contribution in [0, 0.1) is 0 Å². The number of nitrogens with zero attached hydrogens (tertiary/aromatic N) is 3. The van der Waals surface area contributed by atoms with Gasteiger partial charge in [-0.2, -0.15) is 0 Å². The summed E-state index contributed by atoms with van der Waals surface area (Å²) < 4.78 is 0.